The third kappa shape index (κ3) is 3.53. The molecular weight excluding hydrogens is 304 g/mol. The summed E-state index contributed by atoms with van der Waals surface area (Å²) in [5.41, 5.74) is 1.19. The Morgan fingerprint density at radius 3 is 2.96 bits per heavy atom. The summed E-state index contributed by atoms with van der Waals surface area (Å²) in [4.78, 5) is 0. The number of rotatable bonds is 4. The van der Waals surface area contributed by atoms with Crippen molar-refractivity contribution < 1.29 is 14.2 Å². The Balaban J connectivity index is 1.43. The average molecular weight is 332 g/mol. The molecule has 3 aliphatic rings. The highest BCUT2D eigenvalue weighted by molar-refractivity contribution is 5.47. The van der Waals surface area contributed by atoms with Gasteiger partial charge in [-0.05, 0) is 31.9 Å². The van der Waals surface area contributed by atoms with Crippen LogP contribution in [0.3, 0.4) is 0 Å². The third-order valence-corrected chi connectivity index (χ3v) is 5.42. The molecule has 2 fully saturated rings. The molecule has 0 aromatic heterocycles. The van der Waals surface area contributed by atoms with Crippen LogP contribution in [0.1, 0.15) is 31.2 Å². The van der Waals surface area contributed by atoms with Gasteiger partial charge in [-0.3, -0.25) is 0 Å². The third-order valence-electron chi connectivity index (χ3n) is 5.42. The van der Waals surface area contributed by atoms with Crippen molar-refractivity contribution in [2.45, 2.75) is 44.3 Å². The summed E-state index contributed by atoms with van der Waals surface area (Å²) in [7, 11) is 0. The van der Waals surface area contributed by atoms with Crippen molar-refractivity contribution >= 4 is 0 Å². The van der Waals surface area contributed by atoms with E-state index in [-0.39, 0.29) is 0 Å². The number of fused-ring (bicyclic) bond motifs is 1. The van der Waals surface area contributed by atoms with Gasteiger partial charge in [0.2, 0.25) is 0 Å². The Kier molecular flexibility index (Phi) is 5.21. The molecule has 132 valence electrons. The molecule has 5 nitrogen and oxygen atoms in total. The lowest BCUT2D eigenvalue weighted by Gasteiger charge is -2.36. The van der Waals surface area contributed by atoms with Crippen LogP contribution in [-0.4, -0.2) is 45.1 Å². The standard InChI is InChI=1S/C19H28N2O3/c1-4-14(19-18(6-1)23-9-3-10-24-19)12-21-17-7-11-22-13-15(17)16-5-2-8-20-16/h1,4,6,15-17,20-21H,2-3,5,7-13H2. The minimum atomic E-state index is 0.497. The Hall–Kier alpha value is -1.30. The fourth-order valence-corrected chi connectivity index (χ4v) is 4.12. The van der Waals surface area contributed by atoms with Gasteiger partial charge in [0, 0.05) is 43.1 Å². The van der Waals surface area contributed by atoms with Crippen LogP contribution >= 0.6 is 0 Å². The van der Waals surface area contributed by atoms with Gasteiger partial charge < -0.3 is 24.8 Å². The second-order valence-corrected chi connectivity index (χ2v) is 7.01. The first-order chi connectivity index (χ1) is 11.9. The van der Waals surface area contributed by atoms with E-state index in [2.05, 4.69) is 22.8 Å². The smallest absolute Gasteiger partial charge is 0.165 e. The van der Waals surface area contributed by atoms with Gasteiger partial charge in [-0.1, -0.05) is 12.1 Å². The fraction of sp³-hybridized carbons (Fsp3) is 0.684. The van der Waals surface area contributed by atoms with Crippen LogP contribution in [0.2, 0.25) is 0 Å². The zero-order valence-corrected chi connectivity index (χ0v) is 14.3. The SMILES string of the molecule is c1cc(CNC2CCOCC2C2CCCN2)c2c(c1)OCCCO2. The topological polar surface area (TPSA) is 51.8 Å². The molecule has 5 heteroatoms. The molecule has 2 saturated heterocycles. The van der Waals surface area contributed by atoms with Gasteiger partial charge in [-0.2, -0.15) is 0 Å². The first-order valence-electron chi connectivity index (χ1n) is 9.34. The highest BCUT2D eigenvalue weighted by Crippen LogP contribution is 2.33. The summed E-state index contributed by atoms with van der Waals surface area (Å²) in [5.74, 6) is 2.36. The van der Waals surface area contributed by atoms with E-state index in [0.29, 0.717) is 18.0 Å². The molecular formula is C19H28N2O3. The van der Waals surface area contributed by atoms with Crippen molar-refractivity contribution in [3.8, 4) is 11.5 Å². The summed E-state index contributed by atoms with van der Waals surface area (Å²) >= 11 is 0. The highest BCUT2D eigenvalue weighted by atomic mass is 16.5. The summed E-state index contributed by atoms with van der Waals surface area (Å²) in [6.07, 6.45) is 4.57. The lowest BCUT2D eigenvalue weighted by Crippen LogP contribution is -2.50. The van der Waals surface area contributed by atoms with Crippen molar-refractivity contribution in [3.05, 3.63) is 23.8 Å². The Morgan fingerprint density at radius 2 is 2.04 bits per heavy atom. The van der Waals surface area contributed by atoms with Gasteiger partial charge in [-0.15, -0.1) is 0 Å². The monoisotopic (exact) mass is 332 g/mol. The molecule has 24 heavy (non-hydrogen) atoms. The van der Waals surface area contributed by atoms with Gasteiger partial charge in [0.05, 0.1) is 19.8 Å². The molecule has 1 aromatic rings. The summed E-state index contributed by atoms with van der Waals surface area (Å²) < 4.78 is 17.5. The second kappa shape index (κ2) is 7.72. The van der Waals surface area contributed by atoms with Gasteiger partial charge >= 0.3 is 0 Å². The maximum atomic E-state index is 5.94. The van der Waals surface area contributed by atoms with Gasteiger partial charge in [0.15, 0.2) is 11.5 Å². The molecule has 0 bridgehead atoms. The molecule has 0 saturated carbocycles. The molecule has 0 radical (unpaired) electrons. The van der Waals surface area contributed by atoms with E-state index >= 15 is 0 Å². The summed E-state index contributed by atoms with van der Waals surface area (Å²) in [6, 6.07) is 7.30. The number of ether oxygens (including phenoxy) is 3. The molecule has 2 N–H and O–H groups in total. The predicted molar refractivity (Wildman–Crippen MR) is 92.6 cm³/mol. The Morgan fingerprint density at radius 1 is 1.08 bits per heavy atom. The van der Waals surface area contributed by atoms with E-state index in [1.54, 1.807) is 0 Å². The van der Waals surface area contributed by atoms with Gasteiger partial charge in [0.1, 0.15) is 0 Å². The van der Waals surface area contributed by atoms with E-state index in [1.165, 1.54) is 18.4 Å². The first kappa shape index (κ1) is 16.2. The molecule has 4 rings (SSSR count). The number of benzene rings is 1. The first-order valence-corrected chi connectivity index (χ1v) is 9.34. The van der Waals surface area contributed by atoms with E-state index < -0.39 is 0 Å². The molecule has 3 aliphatic heterocycles. The van der Waals surface area contributed by atoms with Gasteiger partial charge in [-0.25, -0.2) is 0 Å². The molecule has 3 atom stereocenters. The van der Waals surface area contributed by atoms with Crippen LogP contribution in [0.4, 0.5) is 0 Å². The second-order valence-electron chi connectivity index (χ2n) is 7.01. The molecule has 0 aliphatic carbocycles. The van der Waals surface area contributed by atoms with Crippen LogP contribution in [0.25, 0.3) is 0 Å². The van der Waals surface area contributed by atoms with Crippen LogP contribution in [0.15, 0.2) is 18.2 Å². The molecule has 3 heterocycles. The zero-order valence-electron chi connectivity index (χ0n) is 14.3. The Labute approximate surface area is 144 Å². The maximum Gasteiger partial charge on any atom is 0.165 e. The number of nitrogens with one attached hydrogen (secondary N) is 2. The van der Waals surface area contributed by atoms with Crippen molar-refractivity contribution in [3.63, 3.8) is 0 Å². The van der Waals surface area contributed by atoms with Crippen LogP contribution < -0.4 is 20.1 Å². The highest BCUT2D eigenvalue weighted by Gasteiger charge is 2.33. The van der Waals surface area contributed by atoms with Crippen molar-refractivity contribution in [1.82, 2.24) is 10.6 Å². The predicted octanol–water partition coefficient (Wildman–Crippen LogP) is 2.09. The fourth-order valence-electron chi connectivity index (χ4n) is 4.12. The zero-order chi connectivity index (χ0) is 16.2. The van der Waals surface area contributed by atoms with Gasteiger partial charge in [0.25, 0.3) is 0 Å². The minimum absolute atomic E-state index is 0.497. The number of hydrogen-bond donors (Lipinski definition) is 2. The van der Waals surface area contributed by atoms with E-state index in [9.17, 15) is 0 Å². The summed E-state index contributed by atoms with van der Waals surface area (Å²) in [5, 5.41) is 7.43. The lowest BCUT2D eigenvalue weighted by molar-refractivity contribution is 0.0185. The van der Waals surface area contributed by atoms with Crippen molar-refractivity contribution in [2.75, 3.05) is 33.0 Å². The normalized spacial score (nSPS) is 30.1. The molecule has 0 spiro atoms. The minimum Gasteiger partial charge on any atom is -0.490 e. The van der Waals surface area contributed by atoms with E-state index in [0.717, 1.165) is 63.9 Å². The van der Waals surface area contributed by atoms with Crippen LogP contribution in [0, 0.1) is 5.92 Å². The van der Waals surface area contributed by atoms with E-state index in [4.69, 9.17) is 14.2 Å². The quantitative estimate of drug-likeness (QED) is 0.884. The maximum absolute atomic E-state index is 5.94. The largest absolute Gasteiger partial charge is 0.490 e. The lowest BCUT2D eigenvalue weighted by atomic mass is 9.87. The van der Waals surface area contributed by atoms with E-state index in [1.807, 2.05) is 6.07 Å². The average Bonchev–Trinajstić information content (AvgIpc) is 3.05. The molecule has 3 unspecified atom stereocenters. The van der Waals surface area contributed by atoms with Crippen LogP contribution in [0.5, 0.6) is 11.5 Å². The molecule has 0 amide bonds. The van der Waals surface area contributed by atoms with Crippen molar-refractivity contribution in [2.24, 2.45) is 5.92 Å². The van der Waals surface area contributed by atoms with Crippen LogP contribution in [-0.2, 0) is 11.3 Å². The Bertz CT molecular complexity index is 545. The number of hydrogen-bond acceptors (Lipinski definition) is 5. The number of para-hydroxylation sites is 1. The van der Waals surface area contributed by atoms with Crippen molar-refractivity contribution in [1.29, 1.82) is 0 Å². The molecule has 1 aromatic carbocycles. The summed E-state index contributed by atoms with van der Waals surface area (Å²) in [6.45, 7) is 5.15.